The molecule has 0 unspecified atom stereocenters. The Kier molecular flexibility index (Phi) is 6.47. The van der Waals surface area contributed by atoms with E-state index < -0.39 is 5.97 Å². The number of piperidine rings is 1. The third-order valence-electron chi connectivity index (χ3n) is 4.95. The second-order valence-corrected chi connectivity index (χ2v) is 7.33. The van der Waals surface area contributed by atoms with Crippen LogP contribution < -0.4 is 0 Å². The summed E-state index contributed by atoms with van der Waals surface area (Å²) in [6.07, 6.45) is 3.02. The molecule has 0 saturated carbocycles. The predicted molar refractivity (Wildman–Crippen MR) is 107 cm³/mol. The number of esters is 1. The molecule has 1 atom stereocenters. The minimum Gasteiger partial charge on any atom is -0.452 e. The molecule has 6 heteroatoms. The van der Waals surface area contributed by atoms with E-state index in [-0.39, 0.29) is 35.5 Å². The van der Waals surface area contributed by atoms with E-state index in [2.05, 4.69) is 0 Å². The van der Waals surface area contributed by atoms with Gasteiger partial charge >= 0.3 is 5.97 Å². The van der Waals surface area contributed by atoms with Crippen molar-refractivity contribution in [3.05, 3.63) is 70.2 Å². The zero-order valence-corrected chi connectivity index (χ0v) is 16.4. The first-order valence-electron chi connectivity index (χ1n) is 9.33. The van der Waals surface area contributed by atoms with Gasteiger partial charge in [0.15, 0.2) is 12.4 Å². The molecule has 5 nitrogen and oxygen atoms in total. The topological polar surface area (TPSA) is 63.7 Å². The zero-order valence-electron chi connectivity index (χ0n) is 15.7. The van der Waals surface area contributed by atoms with Gasteiger partial charge in [0.2, 0.25) is 0 Å². The van der Waals surface area contributed by atoms with E-state index in [0.717, 1.165) is 19.3 Å². The summed E-state index contributed by atoms with van der Waals surface area (Å²) in [4.78, 5) is 39.5. The Hall–Kier alpha value is -2.66. The third kappa shape index (κ3) is 4.60. The molecule has 0 spiro atoms. The molecule has 28 heavy (non-hydrogen) atoms. The molecular formula is C22H22ClNO4. The summed E-state index contributed by atoms with van der Waals surface area (Å²) < 4.78 is 5.23. The van der Waals surface area contributed by atoms with Gasteiger partial charge in [-0.1, -0.05) is 29.8 Å². The average molecular weight is 400 g/mol. The standard InChI is InChI=1S/C22H22ClNO4/c1-15-6-4-5-13-24(15)20(25)14-28-22(27)19-8-3-2-7-18(19)21(26)16-9-11-17(23)12-10-16/h2-3,7-12,15H,4-6,13-14H2,1H3/t15-/m0/s1. The van der Waals surface area contributed by atoms with Crippen LogP contribution in [0.4, 0.5) is 0 Å². The maximum Gasteiger partial charge on any atom is 0.339 e. The minimum absolute atomic E-state index is 0.141. The van der Waals surface area contributed by atoms with E-state index in [1.165, 1.54) is 6.07 Å². The lowest BCUT2D eigenvalue weighted by atomic mass is 9.98. The summed E-state index contributed by atoms with van der Waals surface area (Å²) in [7, 11) is 0. The van der Waals surface area contributed by atoms with Crippen LogP contribution in [0.5, 0.6) is 0 Å². The van der Waals surface area contributed by atoms with Crippen molar-refractivity contribution in [2.45, 2.75) is 32.2 Å². The summed E-state index contributed by atoms with van der Waals surface area (Å²) in [6, 6.07) is 13.0. The molecule has 2 aromatic rings. The molecule has 1 aliphatic rings. The Morgan fingerprint density at radius 2 is 1.71 bits per heavy atom. The highest BCUT2D eigenvalue weighted by atomic mass is 35.5. The van der Waals surface area contributed by atoms with Crippen LogP contribution in [0.1, 0.15) is 52.5 Å². The van der Waals surface area contributed by atoms with E-state index in [0.29, 0.717) is 17.1 Å². The largest absolute Gasteiger partial charge is 0.452 e. The molecule has 0 bridgehead atoms. The quantitative estimate of drug-likeness (QED) is 0.560. The summed E-state index contributed by atoms with van der Waals surface area (Å²) in [5, 5.41) is 0.523. The summed E-state index contributed by atoms with van der Waals surface area (Å²) in [6.45, 7) is 2.36. The van der Waals surface area contributed by atoms with Gasteiger partial charge in [0, 0.05) is 28.7 Å². The molecule has 1 amide bonds. The Balaban J connectivity index is 1.71. The molecule has 3 rings (SSSR count). The molecule has 0 aliphatic carbocycles. The van der Waals surface area contributed by atoms with Gasteiger partial charge < -0.3 is 9.64 Å². The first kappa shape index (κ1) is 20.1. The second-order valence-electron chi connectivity index (χ2n) is 6.89. The molecule has 0 N–H and O–H groups in total. The maximum atomic E-state index is 12.8. The van der Waals surface area contributed by atoms with E-state index in [1.807, 2.05) is 6.92 Å². The van der Waals surface area contributed by atoms with Crippen molar-refractivity contribution in [2.75, 3.05) is 13.2 Å². The van der Waals surface area contributed by atoms with Gasteiger partial charge in [-0.05, 0) is 56.5 Å². The molecule has 0 radical (unpaired) electrons. The van der Waals surface area contributed by atoms with Crippen molar-refractivity contribution in [3.63, 3.8) is 0 Å². The van der Waals surface area contributed by atoms with Crippen LogP contribution in [0.25, 0.3) is 0 Å². The summed E-state index contributed by atoms with van der Waals surface area (Å²) in [5.41, 5.74) is 0.790. The molecule has 2 aromatic carbocycles. The molecule has 1 heterocycles. The maximum absolute atomic E-state index is 12.8. The van der Waals surface area contributed by atoms with Crippen molar-refractivity contribution in [3.8, 4) is 0 Å². The van der Waals surface area contributed by atoms with Crippen LogP contribution in [0.3, 0.4) is 0 Å². The molecular weight excluding hydrogens is 378 g/mol. The normalized spacial score (nSPS) is 16.5. The van der Waals surface area contributed by atoms with Crippen molar-refractivity contribution in [1.29, 1.82) is 0 Å². The van der Waals surface area contributed by atoms with Crippen molar-refractivity contribution >= 4 is 29.3 Å². The summed E-state index contributed by atoms with van der Waals surface area (Å²) >= 11 is 5.87. The molecule has 1 aliphatic heterocycles. The van der Waals surface area contributed by atoms with E-state index in [4.69, 9.17) is 16.3 Å². The second kappa shape index (κ2) is 9.02. The lowest BCUT2D eigenvalue weighted by molar-refractivity contribution is -0.137. The van der Waals surface area contributed by atoms with Gasteiger partial charge in [-0.2, -0.15) is 0 Å². The van der Waals surface area contributed by atoms with Gasteiger partial charge in [0.05, 0.1) is 5.56 Å². The average Bonchev–Trinajstić information content (AvgIpc) is 2.72. The third-order valence-corrected chi connectivity index (χ3v) is 5.20. The van der Waals surface area contributed by atoms with Gasteiger partial charge in [-0.15, -0.1) is 0 Å². The Morgan fingerprint density at radius 3 is 2.39 bits per heavy atom. The fraction of sp³-hybridized carbons (Fsp3) is 0.318. The number of ether oxygens (including phenoxy) is 1. The van der Waals surface area contributed by atoms with Crippen LogP contribution in [-0.4, -0.2) is 41.8 Å². The Bertz CT molecular complexity index is 878. The number of nitrogens with zero attached hydrogens (tertiary/aromatic N) is 1. The smallest absolute Gasteiger partial charge is 0.339 e. The fourth-order valence-electron chi connectivity index (χ4n) is 3.37. The van der Waals surface area contributed by atoms with Crippen LogP contribution in [0.2, 0.25) is 5.02 Å². The Labute approximate surface area is 169 Å². The van der Waals surface area contributed by atoms with Crippen LogP contribution >= 0.6 is 11.6 Å². The van der Waals surface area contributed by atoms with Gasteiger partial charge in [0.1, 0.15) is 0 Å². The van der Waals surface area contributed by atoms with Crippen molar-refractivity contribution < 1.29 is 19.1 Å². The van der Waals surface area contributed by atoms with Gasteiger partial charge in [-0.25, -0.2) is 4.79 Å². The fourth-order valence-corrected chi connectivity index (χ4v) is 3.50. The van der Waals surface area contributed by atoms with Crippen molar-refractivity contribution in [2.24, 2.45) is 0 Å². The predicted octanol–water partition coefficient (Wildman–Crippen LogP) is 4.13. The van der Waals surface area contributed by atoms with Gasteiger partial charge in [-0.3, -0.25) is 9.59 Å². The molecule has 1 fully saturated rings. The number of ketones is 1. The number of carbonyl (C=O) groups is 3. The number of benzene rings is 2. The summed E-state index contributed by atoms with van der Waals surface area (Å²) in [5.74, 6) is -1.20. The van der Waals surface area contributed by atoms with Crippen LogP contribution in [-0.2, 0) is 9.53 Å². The highest BCUT2D eigenvalue weighted by Crippen LogP contribution is 2.19. The molecule has 146 valence electrons. The number of amides is 1. The Morgan fingerprint density at radius 1 is 1.04 bits per heavy atom. The number of rotatable bonds is 5. The lowest BCUT2D eigenvalue weighted by Crippen LogP contribution is -2.44. The number of hydrogen-bond acceptors (Lipinski definition) is 4. The van der Waals surface area contributed by atoms with Crippen LogP contribution in [0.15, 0.2) is 48.5 Å². The SMILES string of the molecule is C[C@H]1CCCCN1C(=O)COC(=O)c1ccccc1C(=O)c1ccc(Cl)cc1. The highest BCUT2D eigenvalue weighted by molar-refractivity contribution is 6.30. The van der Waals surface area contributed by atoms with Crippen molar-refractivity contribution in [1.82, 2.24) is 4.90 Å². The van der Waals surface area contributed by atoms with Crippen LogP contribution in [0, 0.1) is 0 Å². The number of carbonyl (C=O) groups excluding carboxylic acids is 3. The number of halogens is 1. The monoisotopic (exact) mass is 399 g/mol. The zero-order chi connectivity index (χ0) is 20.1. The van der Waals surface area contributed by atoms with Gasteiger partial charge in [0.25, 0.3) is 5.91 Å². The van der Waals surface area contributed by atoms with E-state index >= 15 is 0 Å². The first-order chi connectivity index (χ1) is 13.5. The molecule has 0 aromatic heterocycles. The number of hydrogen-bond donors (Lipinski definition) is 0. The molecule has 1 saturated heterocycles. The lowest BCUT2D eigenvalue weighted by Gasteiger charge is -2.33. The van der Waals surface area contributed by atoms with E-state index in [9.17, 15) is 14.4 Å². The minimum atomic E-state index is -0.684. The van der Waals surface area contributed by atoms with E-state index in [1.54, 1.807) is 47.4 Å². The first-order valence-corrected chi connectivity index (χ1v) is 9.71. The highest BCUT2D eigenvalue weighted by Gasteiger charge is 2.25. The number of likely N-dealkylation sites (tertiary alicyclic amines) is 1.